The molecule has 3 atom stereocenters. The van der Waals surface area contributed by atoms with Gasteiger partial charge in [-0.3, -0.25) is 24.5 Å². The van der Waals surface area contributed by atoms with E-state index in [0.29, 0.717) is 5.69 Å². The van der Waals surface area contributed by atoms with Crippen molar-refractivity contribution in [2.24, 2.45) is 0 Å². The standard InChI is InChI=1S/C24H23N5O8/c1-15(30)36-21-22(37-16(2)31)24(27(23(21)32)12-17-8-4-3-5-9-17)35-14-18-13-28(26-25-18)19-10-6-7-11-20(19)29(33)34/h3-11,13,21-22,24H,12,14H2,1-2H3/t21-,22+,24?/m0/s1. The van der Waals surface area contributed by atoms with E-state index in [1.165, 1.54) is 40.9 Å². The number of ether oxygens (including phenoxy) is 3. The third-order valence-electron chi connectivity index (χ3n) is 5.47. The van der Waals surface area contributed by atoms with Crippen LogP contribution in [0.5, 0.6) is 0 Å². The number of carbonyl (C=O) groups is 3. The predicted octanol–water partition coefficient (Wildman–Crippen LogP) is 1.92. The third kappa shape index (κ3) is 5.78. The van der Waals surface area contributed by atoms with Gasteiger partial charge in [0.1, 0.15) is 11.4 Å². The Hall–Kier alpha value is -4.65. The molecule has 2 heterocycles. The highest BCUT2D eigenvalue weighted by Gasteiger charge is 2.53. The number of nitrogens with zero attached hydrogens (tertiary/aromatic N) is 5. The summed E-state index contributed by atoms with van der Waals surface area (Å²) in [5.74, 6) is -1.99. The van der Waals surface area contributed by atoms with E-state index in [9.17, 15) is 24.5 Å². The number of amides is 1. The van der Waals surface area contributed by atoms with Gasteiger partial charge in [-0.05, 0) is 11.6 Å². The van der Waals surface area contributed by atoms with Crippen molar-refractivity contribution in [3.8, 4) is 5.69 Å². The minimum Gasteiger partial charge on any atom is -0.453 e. The molecule has 0 radical (unpaired) electrons. The van der Waals surface area contributed by atoms with Crippen LogP contribution in [-0.4, -0.2) is 61.1 Å². The molecule has 1 unspecified atom stereocenters. The number of aromatic nitrogens is 3. The molecule has 1 saturated heterocycles. The van der Waals surface area contributed by atoms with E-state index >= 15 is 0 Å². The first-order valence-corrected chi connectivity index (χ1v) is 11.2. The fraction of sp³-hybridized carbons (Fsp3) is 0.292. The van der Waals surface area contributed by atoms with E-state index in [0.717, 1.165) is 12.5 Å². The van der Waals surface area contributed by atoms with Gasteiger partial charge in [0.05, 0.1) is 17.7 Å². The van der Waals surface area contributed by atoms with Gasteiger partial charge in [0.15, 0.2) is 12.3 Å². The summed E-state index contributed by atoms with van der Waals surface area (Å²) in [7, 11) is 0. The van der Waals surface area contributed by atoms with Crippen molar-refractivity contribution in [2.45, 2.75) is 45.4 Å². The molecule has 1 fully saturated rings. The van der Waals surface area contributed by atoms with Crippen LogP contribution in [0.1, 0.15) is 25.1 Å². The zero-order valence-electron chi connectivity index (χ0n) is 19.9. The van der Waals surface area contributed by atoms with Gasteiger partial charge in [-0.25, -0.2) is 4.68 Å². The maximum atomic E-state index is 13.2. The number of nitro groups is 1. The largest absolute Gasteiger partial charge is 0.453 e. The predicted molar refractivity (Wildman–Crippen MR) is 125 cm³/mol. The second kappa shape index (κ2) is 11.0. The van der Waals surface area contributed by atoms with Gasteiger partial charge in [-0.1, -0.05) is 47.7 Å². The van der Waals surface area contributed by atoms with Crippen molar-refractivity contribution in [3.63, 3.8) is 0 Å². The molecule has 0 bridgehead atoms. The Bertz CT molecular complexity index is 1310. The second-order valence-corrected chi connectivity index (χ2v) is 8.16. The Labute approximate surface area is 210 Å². The van der Waals surface area contributed by atoms with E-state index in [1.54, 1.807) is 18.2 Å². The number of likely N-dealkylation sites (tertiary alicyclic amines) is 1. The lowest BCUT2D eigenvalue weighted by Gasteiger charge is -2.27. The molecule has 13 nitrogen and oxygen atoms in total. The van der Waals surface area contributed by atoms with E-state index in [2.05, 4.69) is 10.3 Å². The average Bonchev–Trinajstić information content (AvgIpc) is 3.42. The molecule has 1 aliphatic rings. The maximum absolute atomic E-state index is 13.2. The number of hydrogen-bond donors (Lipinski definition) is 0. The van der Waals surface area contributed by atoms with E-state index in [1.807, 2.05) is 18.2 Å². The van der Waals surface area contributed by atoms with Crippen molar-refractivity contribution in [2.75, 3.05) is 0 Å². The van der Waals surface area contributed by atoms with Crippen LogP contribution in [0.25, 0.3) is 5.69 Å². The summed E-state index contributed by atoms with van der Waals surface area (Å²) in [6.45, 7) is 2.23. The molecular formula is C24H23N5O8. The normalized spacial score (nSPS) is 19.0. The molecule has 1 amide bonds. The van der Waals surface area contributed by atoms with E-state index in [4.69, 9.17) is 14.2 Å². The highest BCUT2D eigenvalue weighted by atomic mass is 16.6. The van der Waals surface area contributed by atoms with Gasteiger partial charge in [0, 0.05) is 26.5 Å². The van der Waals surface area contributed by atoms with Crippen LogP contribution >= 0.6 is 0 Å². The fourth-order valence-electron chi connectivity index (χ4n) is 3.96. The van der Waals surface area contributed by atoms with Crippen LogP contribution in [0.3, 0.4) is 0 Å². The third-order valence-corrected chi connectivity index (χ3v) is 5.47. The molecule has 1 aliphatic heterocycles. The SMILES string of the molecule is CC(=O)O[C@@H]1C(=O)N(Cc2ccccc2)C(OCc2cn(-c3ccccc3[N+](=O)[O-])nn2)[C@@H]1OC(C)=O. The number of carbonyl (C=O) groups excluding carboxylic acids is 3. The van der Waals surface area contributed by atoms with Gasteiger partial charge < -0.3 is 19.1 Å². The van der Waals surface area contributed by atoms with Crippen LogP contribution < -0.4 is 0 Å². The van der Waals surface area contributed by atoms with E-state index in [-0.39, 0.29) is 24.5 Å². The topological polar surface area (TPSA) is 156 Å². The molecule has 0 spiro atoms. The Morgan fingerprint density at radius 2 is 1.70 bits per heavy atom. The first kappa shape index (κ1) is 25.4. The smallest absolute Gasteiger partial charge is 0.303 e. The number of para-hydroxylation sites is 2. The van der Waals surface area contributed by atoms with Crippen LogP contribution in [0.15, 0.2) is 60.8 Å². The molecule has 0 saturated carbocycles. The highest BCUT2D eigenvalue weighted by molar-refractivity contribution is 5.87. The maximum Gasteiger partial charge on any atom is 0.303 e. The number of nitro benzene ring substituents is 1. The number of benzene rings is 2. The number of hydrogen-bond acceptors (Lipinski definition) is 10. The van der Waals surface area contributed by atoms with Crippen LogP contribution in [0, 0.1) is 10.1 Å². The summed E-state index contributed by atoms with van der Waals surface area (Å²) in [5, 5.41) is 19.3. The minimum atomic E-state index is -1.39. The first-order chi connectivity index (χ1) is 17.7. The van der Waals surface area contributed by atoms with Crippen LogP contribution in [0.2, 0.25) is 0 Å². The van der Waals surface area contributed by atoms with Crippen molar-refractivity contribution >= 4 is 23.5 Å². The monoisotopic (exact) mass is 509 g/mol. The van der Waals surface area contributed by atoms with Crippen molar-refractivity contribution in [1.29, 1.82) is 0 Å². The quantitative estimate of drug-likeness (QED) is 0.237. The van der Waals surface area contributed by atoms with Crippen molar-refractivity contribution in [1.82, 2.24) is 19.9 Å². The zero-order chi connectivity index (χ0) is 26.5. The average molecular weight is 509 g/mol. The van der Waals surface area contributed by atoms with E-state index < -0.39 is 41.2 Å². The number of esters is 2. The van der Waals surface area contributed by atoms with Gasteiger partial charge in [-0.15, -0.1) is 5.10 Å². The lowest BCUT2D eigenvalue weighted by atomic mass is 10.2. The lowest BCUT2D eigenvalue weighted by molar-refractivity contribution is -0.384. The second-order valence-electron chi connectivity index (χ2n) is 8.16. The molecule has 192 valence electrons. The molecule has 0 aliphatic carbocycles. The summed E-state index contributed by atoms with van der Waals surface area (Å²) in [5.41, 5.74) is 1.12. The Morgan fingerprint density at radius 1 is 1.03 bits per heavy atom. The van der Waals surface area contributed by atoms with Gasteiger partial charge >= 0.3 is 11.9 Å². The minimum absolute atomic E-state index is 0.1000. The van der Waals surface area contributed by atoms with Crippen molar-refractivity contribution in [3.05, 3.63) is 82.2 Å². The zero-order valence-corrected chi connectivity index (χ0v) is 19.9. The van der Waals surface area contributed by atoms with Crippen molar-refractivity contribution < 1.29 is 33.5 Å². The molecule has 13 heteroatoms. The Morgan fingerprint density at radius 3 is 2.38 bits per heavy atom. The van der Waals surface area contributed by atoms with Gasteiger partial charge in [-0.2, -0.15) is 0 Å². The molecule has 37 heavy (non-hydrogen) atoms. The molecular weight excluding hydrogens is 486 g/mol. The molecule has 4 rings (SSSR count). The summed E-state index contributed by atoms with van der Waals surface area (Å²) in [6, 6.07) is 15.1. The molecule has 2 aromatic carbocycles. The highest BCUT2D eigenvalue weighted by Crippen LogP contribution is 2.29. The van der Waals surface area contributed by atoms with Crippen LogP contribution in [0.4, 0.5) is 5.69 Å². The molecule has 3 aromatic rings. The summed E-state index contributed by atoms with van der Waals surface area (Å²) in [6.07, 6.45) is -2.29. The summed E-state index contributed by atoms with van der Waals surface area (Å²) in [4.78, 5) is 48.9. The summed E-state index contributed by atoms with van der Waals surface area (Å²) >= 11 is 0. The first-order valence-electron chi connectivity index (χ1n) is 11.2. The molecule has 1 aromatic heterocycles. The van der Waals surface area contributed by atoms with Gasteiger partial charge in [0.25, 0.3) is 11.6 Å². The number of rotatable bonds is 9. The van der Waals surface area contributed by atoms with Gasteiger partial charge in [0.2, 0.25) is 6.10 Å². The Kier molecular flexibility index (Phi) is 7.53. The Balaban J connectivity index is 1.60. The molecule has 0 N–H and O–H groups in total. The summed E-state index contributed by atoms with van der Waals surface area (Å²) < 4.78 is 17.8. The lowest BCUT2D eigenvalue weighted by Crippen LogP contribution is -2.41. The fourth-order valence-corrected chi connectivity index (χ4v) is 3.96. The van der Waals surface area contributed by atoms with Crippen LogP contribution in [-0.2, 0) is 41.7 Å².